The Hall–Kier alpha value is -2.10. The van der Waals surface area contributed by atoms with Crippen LogP contribution < -0.4 is 4.74 Å². The van der Waals surface area contributed by atoms with Crippen molar-refractivity contribution in [2.24, 2.45) is 0 Å². The van der Waals surface area contributed by atoms with Crippen molar-refractivity contribution in [2.45, 2.75) is 6.54 Å². The quantitative estimate of drug-likeness (QED) is 0.711. The predicted molar refractivity (Wildman–Crippen MR) is 59.3 cm³/mol. The fraction of sp³-hybridized carbons (Fsp3) is 0.167. The van der Waals surface area contributed by atoms with Crippen molar-refractivity contribution in [3.05, 3.63) is 48.5 Å². The summed E-state index contributed by atoms with van der Waals surface area (Å²) in [6, 6.07) is 7.67. The van der Waals surface area contributed by atoms with Gasteiger partial charge in [-0.15, -0.1) is 0 Å². The summed E-state index contributed by atoms with van der Waals surface area (Å²) in [6.45, 7) is 0.840. The maximum absolute atomic E-state index is 10.2. The molecule has 0 saturated heterocycles. The number of nitrogens with zero attached hydrogens (tertiary/aromatic N) is 2. The van der Waals surface area contributed by atoms with Gasteiger partial charge in [-0.05, 0) is 17.7 Å². The van der Waals surface area contributed by atoms with Crippen LogP contribution in [0.2, 0.25) is 0 Å². The largest absolute Gasteiger partial charge is 0.486 e. The van der Waals surface area contributed by atoms with Crippen LogP contribution in [0.4, 0.5) is 0 Å². The van der Waals surface area contributed by atoms with Crippen molar-refractivity contribution in [1.29, 1.82) is 0 Å². The number of carbonyl (C=O) groups is 1. The zero-order chi connectivity index (χ0) is 11.2. The second kappa shape index (κ2) is 5.11. The van der Waals surface area contributed by atoms with E-state index in [0.29, 0.717) is 5.75 Å². The van der Waals surface area contributed by atoms with Gasteiger partial charge in [-0.1, -0.05) is 12.1 Å². The van der Waals surface area contributed by atoms with E-state index in [2.05, 4.69) is 4.98 Å². The lowest BCUT2D eigenvalue weighted by molar-refractivity contribution is -0.109. The third-order valence-corrected chi connectivity index (χ3v) is 2.14. The molecule has 0 saturated carbocycles. The smallest absolute Gasteiger partial charge is 0.157 e. The molecule has 0 N–H and O–H groups in total. The van der Waals surface area contributed by atoms with Crippen LogP contribution in [-0.4, -0.2) is 22.4 Å². The lowest BCUT2D eigenvalue weighted by Crippen LogP contribution is -2.00. The molecule has 16 heavy (non-hydrogen) atoms. The molecule has 0 aliphatic rings. The molecule has 0 spiro atoms. The maximum atomic E-state index is 10.2. The number of aldehydes is 1. The highest BCUT2D eigenvalue weighted by Crippen LogP contribution is 2.13. The molecule has 0 aliphatic carbocycles. The molecule has 0 bridgehead atoms. The molecule has 4 nitrogen and oxygen atoms in total. The number of ether oxygens (including phenoxy) is 1. The van der Waals surface area contributed by atoms with Crippen LogP contribution in [-0.2, 0) is 11.3 Å². The van der Waals surface area contributed by atoms with Crippen LogP contribution in [0, 0.1) is 0 Å². The van der Waals surface area contributed by atoms with Gasteiger partial charge in [0.1, 0.15) is 12.4 Å². The summed E-state index contributed by atoms with van der Waals surface area (Å²) in [5, 5.41) is 0. The zero-order valence-electron chi connectivity index (χ0n) is 8.74. The number of aromatic nitrogens is 2. The summed E-state index contributed by atoms with van der Waals surface area (Å²) >= 11 is 0. The van der Waals surface area contributed by atoms with E-state index in [0.717, 1.165) is 18.4 Å². The fourth-order valence-electron chi connectivity index (χ4n) is 1.45. The molecule has 1 heterocycles. The average Bonchev–Trinajstić information content (AvgIpc) is 2.80. The molecule has 0 aliphatic heterocycles. The third-order valence-electron chi connectivity index (χ3n) is 2.14. The summed E-state index contributed by atoms with van der Waals surface area (Å²) in [5.41, 5.74) is 1.11. The molecule has 0 unspecified atom stereocenters. The van der Waals surface area contributed by atoms with Gasteiger partial charge >= 0.3 is 0 Å². The van der Waals surface area contributed by atoms with Crippen LogP contribution in [0.1, 0.15) is 5.56 Å². The minimum atomic E-state index is 0.0918. The lowest BCUT2D eigenvalue weighted by Gasteiger charge is -2.06. The molecular formula is C12H12N2O2. The van der Waals surface area contributed by atoms with Crippen molar-refractivity contribution < 1.29 is 9.53 Å². The number of benzene rings is 1. The first-order valence-electron chi connectivity index (χ1n) is 4.99. The monoisotopic (exact) mass is 216 g/mol. The topological polar surface area (TPSA) is 44.1 Å². The van der Waals surface area contributed by atoms with Gasteiger partial charge < -0.3 is 9.30 Å². The van der Waals surface area contributed by atoms with Crippen LogP contribution >= 0.6 is 0 Å². The van der Waals surface area contributed by atoms with E-state index in [1.54, 1.807) is 12.5 Å². The Balaban J connectivity index is 2.06. The normalized spacial score (nSPS) is 10.0. The second-order valence-corrected chi connectivity index (χ2v) is 3.36. The van der Waals surface area contributed by atoms with Crippen LogP contribution in [0.5, 0.6) is 5.75 Å². The SMILES string of the molecule is O=CCOc1cccc(Cn2ccnc2)c1. The molecule has 1 aromatic carbocycles. The van der Waals surface area contributed by atoms with Crippen LogP contribution in [0.3, 0.4) is 0 Å². The molecule has 2 rings (SSSR count). The van der Waals surface area contributed by atoms with Crippen molar-refractivity contribution >= 4 is 6.29 Å². The fourth-order valence-corrected chi connectivity index (χ4v) is 1.45. The second-order valence-electron chi connectivity index (χ2n) is 3.36. The van der Waals surface area contributed by atoms with Crippen LogP contribution in [0.25, 0.3) is 0 Å². The van der Waals surface area contributed by atoms with Gasteiger partial charge in [0.05, 0.1) is 6.33 Å². The number of hydrogen-bond donors (Lipinski definition) is 0. The van der Waals surface area contributed by atoms with E-state index in [9.17, 15) is 4.79 Å². The number of hydrogen-bond acceptors (Lipinski definition) is 3. The number of imidazole rings is 1. The van der Waals surface area contributed by atoms with E-state index < -0.39 is 0 Å². The van der Waals surface area contributed by atoms with Crippen molar-refractivity contribution in [1.82, 2.24) is 9.55 Å². The average molecular weight is 216 g/mol. The standard InChI is InChI=1S/C12H12N2O2/c15-6-7-16-12-3-1-2-11(8-12)9-14-5-4-13-10-14/h1-6,8,10H,7,9H2. The predicted octanol–water partition coefficient (Wildman–Crippen LogP) is 1.51. The van der Waals surface area contributed by atoms with E-state index in [4.69, 9.17) is 4.74 Å². The van der Waals surface area contributed by atoms with Gasteiger partial charge in [-0.25, -0.2) is 4.98 Å². The molecule has 0 radical (unpaired) electrons. The Kier molecular flexibility index (Phi) is 3.33. The van der Waals surface area contributed by atoms with Gasteiger partial charge in [0, 0.05) is 18.9 Å². The molecular weight excluding hydrogens is 204 g/mol. The van der Waals surface area contributed by atoms with E-state index in [1.807, 2.05) is 35.0 Å². The van der Waals surface area contributed by atoms with Crippen LogP contribution in [0.15, 0.2) is 43.0 Å². The van der Waals surface area contributed by atoms with Gasteiger partial charge in [0.2, 0.25) is 0 Å². The minimum Gasteiger partial charge on any atom is -0.486 e. The summed E-state index contributed by atoms with van der Waals surface area (Å²) in [5.74, 6) is 0.713. The Morgan fingerprint density at radius 1 is 1.44 bits per heavy atom. The van der Waals surface area contributed by atoms with E-state index in [-0.39, 0.29) is 6.61 Å². The molecule has 0 fully saturated rings. The maximum Gasteiger partial charge on any atom is 0.157 e. The van der Waals surface area contributed by atoms with Crippen molar-refractivity contribution in [3.8, 4) is 5.75 Å². The summed E-state index contributed by atoms with van der Waals surface area (Å²) in [4.78, 5) is 14.2. The summed E-state index contributed by atoms with van der Waals surface area (Å²) in [7, 11) is 0. The first kappa shape index (κ1) is 10.4. The van der Waals surface area contributed by atoms with E-state index >= 15 is 0 Å². The Labute approximate surface area is 93.5 Å². The molecule has 1 aromatic heterocycles. The molecule has 0 amide bonds. The Morgan fingerprint density at radius 3 is 3.12 bits per heavy atom. The van der Waals surface area contributed by atoms with Gasteiger partial charge in [0.15, 0.2) is 6.29 Å². The number of rotatable bonds is 5. The Bertz CT molecular complexity index is 452. The highest BCUT2D eigenvalue weighted by Gasteiger charge is 1.97. The molecule has 82 valence electrons. The van der Waals surface area contributed by atoms with Gasteiger partial charge in [-0.2, -0.15) is 0 Å². The van der Waals surface area contributed by atoms with Crippen molar-refractivity contribution in [2.75, 3.05) is 6.61 Å². The Morgan fingerprint density at radius 2 is 2.38 bits per heavy atom. The van der Waals surface area contributed by atoms with Crippen molar-refractivity contribution in [3.63, 3.8) is 0 Å². The highest BCUT2D eigenvalue weighted by atomic mass is 16.5. The summed E-state index contributed by atoms with van der Waals surface area (Å²) in [6.07, 6.45) is 6.15. The molecule has 4 heteroatoms. The first-order valence-corrected chi connectivity index (χ1v) is 4.99. The van der Waals surface area contributed by atoms with Gasteiger partial charge in [-0.3, -0.25) is 4.79 Å². The summed E-state index contributed by atoms with van der Waals surface area (Å²) < 4.78 is 7.19. The zero-order valence-corrected chi connectivity index (χ0v) is 8.74. The molecule has 0 atom stereocenters. The highest BCUT2D eigenvalue weighted by molar-refractivity contribution is 5.51. The third kappa shape index (κ3) is 2.70. The first-order chi connectivity index (χ1) is 7.88. The van der Waals surface area contributed by atoms with Gasteiger partial charge in [0.25, 0.3) is 0 Å². The lowest BCUT2D eigenvalue weighted by atomic mass is 10.2. The minimum absolute atomic E-state index is 0.0918. The number of carbonyl (C=O) groups excluding carboxylic acids is 1. The molecule has 2 aromatic rings. The van der Waals surface area contributed by atoms with E-state index in [1.165, 1.54) is 0 Å².